The van der Waals surface area contributed by atoms with E-state index in [9.17, 15) is 20.0 Å². The Labute approximate surface area is 102 Å². The summed E-state index contributed by atoms with van der Waals surface area (Å²) in [5.41, 5.74) is -0.106. The van der Waals surface area contributed by atoms with Crippen LogP contribution in [-0.4, -0.2) is 23.1 Å². The molecule has 0 fully saturated rings. The van der Waals surface area contributed by atoms with E-state index < -0.39 is 10.9 Å². The van der Waals surface area contributed by atoms with E-state index >= 15 is 0 Å². The highest BCUT2D eigenvalue weighted by Gasteiger charge is 2.17. The van der Waals surface area contributed by atoms with Crippen molar-refractivity contribution in [1.82, 2.24) is 0 Å². The van der Waals surface area contributed by atoms with Crippen molar-refractivity contribution in [1.29, 1.82) is 0 Å². The van der Waals surface area contributed by atoms with Crippen LogP contribution in [0.25, 0.3) is 10.8 Å². The number of fused-ring (bicyclic) bond motifs is 1. The smallest absolute Gasteiger partial charge is 0.338 e. The number of phenolic OH excluding ortho intramolecular Hbond substituents is 1. The zero-order chi connectivity index (χ0) is 13.3. The molecular weight excluding hydrogens is 238 g/mol. The quantitative estimate of drug-likeness (QED) is 0.499. The Morgan fingerprint density at radius 1 is 1.33 bits per heavy atom. The van der Waals surface area contributed by atoms with Crippen LogP contribution < -0.4 is 0 Å². The molecule has 0 radical (unpaired) electrons. The number of ether oxygens (including phenoxy) is 1. The molecule has 2 aromatic rings. The Balaban J connectivity index is 2.80. The van der Waals surface area contributed by atoms with E-state index in [1.165, 1.54) is 31.4 Å². The molecule has 0 aromatic heterocycles. The molecule has 92 valence electrons. The Kier molecular flexibility index (Phi) is 2.85. The molecule has 0 heterocycles. The lowest BCUT2D eigenvalue weighted by Crippen LogP contribution is -2.01. The van der Waals surface area contributed by atoms with Crippen LogP contribution in [0.4, 0.5) is 5.69 Å². The average Bonchev–Trinajstić information content (AvgIpc) is 2.36. The van der Waals surface area contributed by atoms with Crippen LogP contribution in [-0.2, 0) is 4.74 Å². The maximum atomic E-state index is 11.4. The van der Waals surface area contributed by atoms with Crippen LogP contribution in [0.15, 0.2) is 30.3 Å². The van der Waals surface area contributed by atoms with Gasteiger partial charge in [-0.25, -0.2) is 4.79 Å². The highest BCUT2D eigenvalue weighted by Crippen LogP contribution is 2.32. The van der Waals surface area contributed by atoms with E-state index in [1.807, 2.05) is 0 Å². The van der Waals surface area contributed by atoms with E-state index in [0.29, 0.717) is 5.39 Å². The van der Waals surface area contributed by atoms with Crippen molar-refractivity contribution in [3.8, 4) is 5.75 Å². The molecule has 1 N–H and O–H groups in total. The molecule has 0 saturated carbocycles. The highest BCUT2D eigenvalue weighted by atomic mass is 16.6. The van der Waals surface area contributed by atoms with Crippen LogP contribution in [0.5, 0.6) is 5.75 Å². The fourth-order valence-corrected chi connectivity index (χ4v) is 1.75. The number of rotatable bonds is 2. The molecular formula is C12H9NO5. The van der Waals surface area contributed by atoms with Crippen molar-refractivity contribution in [3.63, 3.8) is 0 Å². The molecule has 6 nitrogen and oxygen atoms in total. The molecule has 0 aliphatic heterocycles. The van der Waals surface area contributed by atoms with Gasteiger partial charge in [-0.1, -0.05) is 12.1 Å². The second-order valence-electron chi connectivity index (χ2n) is 3.62. The molecule has 0 aliphatic carbocycles. The SMILES string of the molecule is COC(=O)c1cc(O)c2cccc([N+](=O)[O-])c2c1. The van der Waals surface area contributed by atoms with E-state index in [-0.39, 0.29) is 22.4 Å². The van der Waals surface area contributed by atoms with Gasteiger partial charge < -0.3 is 9.84 Å². The topological polar surface area (TPSA) is 89.7 Å². The third-order valence-electron chi connectivity index (χ3n) is 2.57. The first kappa shape index (κ1) is 11.8. The molecule has 2 rings (SSSR count). The van der Waals surface area contributed by atoms with Gasteiger partial charge >= 0.3 is 5.97 Å². The van der Waals surface area contributed by atoms with Gasteiger partial charge in [0, 0.05) is 11.5 Å². The highest BCUT2D eigenvalue weighted by molar-refractivity contribution is 6.01. The molecule has 0 saturated heterocycles. The minimum Gasteiger partial charge on any atom is -0.507 e. The zero-order valence-electron chi connectivity index (χ0n) is 9.41. The van der Waals surface area contributed by atoms with Gasteiger partial charge in [0.05, 0.1) is 23.0 Å². The van der Waals surface area contributed by atoms with Crippen LogP contribution in [0, 0.1) is 10.1 Å². The number of carbonyl (C=O) groups is 1. The van der Waals surface area contributed by atoms with E-state index in [0.717, 1.165) is 0 Å². The first-order chi connectivity index (χ1) is 8.54. The van der Waals surface area contributed by atoms with Gasteiger partial charge in [0.15, 0.2) is 0 Å². The van der Waals surface area contributed by atoms with E-state index in [4.69, 9.17) is 0 Å². The van der Waals surface area contributed by atoms with Crippen LogP contribution >= 0.6 is 0 Å². The molecule has 0 unspecified atom stereocenters. The molecule has 0 amide bonds. The Morgan fingerprint density at radius 2 is 2.06 bits per heavy atom. The fourth-order valence-electron chi connectivity index (χ4n) is 1.75. The van der Waals surface area contributed by atoms with Crippen LogP contribution in [0.2, 0.25) is 0 Å². The number of nitrogens with zero attached hydrogens (tertiary/aromatic N) is 1. The summed E-state index contributed by atoms with van der Waals surface area (Å²) in [7, 11) is 1.20. The number of hydrogen-bond acceptors (Lipinski definition) is 5. The first-order valence-corrected chi connectivity index (χ1v) is 5.03. The normalized spacial score (nSPS) is 10.3. The lowest BCUT2D eigenvalue weighted by molar-refractivity contribution is -0.383. The average molecular weight is 247 g/mol. The maximum Gasteiger partial charge on any atom is 0.338 e. The first-order valence-electron chi connectivity index (χ1n) is 5.03. The third kappa shape index (κ3) is 1.84. The Morgan fingerprint density at radius 3 is 2.67 bits per heavy atom. The molecule has 0 aliphatic rings. The van der Waals surface area contributed by atoms with Gasteiger partial charge in [-0.2, -0.15) is 0 Å². The summed E-state index contributed by atoms with van der Waals surface area (Å²) in [6.07, 6.45) is 0. The van der Waals surface area contributed by atoms with E-state index in [1.54, 1.807) is 6.07 Å². The number of aromatic hydroxyl groups is 1. The summed E-state index contributed by atoms with van der Waals surface area (Å²) >= 11 is 0. The summed E-state index contributed by atoms with van der Waals surface area (Å²) in [5.74, 6) is -0.859. The molecule has 18 heavy (non-hydrogen) atoms. The second kappa shape index (κ2) is 4.33. The molecule has 0 spiro atoms. The maximum absolute atomic E-state index is 11.4. The number of nitro benzene ring substituents is 1. The molecule has 2 aromatic carbocycles. The van der Waals surface area contributed by atoms with Gasteiger partial charge in [0.25, 0.3) is 5.69 Å². The third-order valence-corrected chi connectivity index (χ3v) is 2.57. The van der Waals surface area contributed by atoms with Gasteiger partial charge in [-0.3, -0.25) is 10.1 Å². The van der Waals surface area contributed by atoms with E-state index in [2.05, 4.69) is 4.74 Å². The van der Waals surface area contributed by atoms with Crippen molar-refractivity contribution >= 4 is 22.4 Å². The number of nitro groups is 1. The summed E-state index contributed by atoms with van der Waals surface area (Å²) in [5, 5.41) is 21.2. The zero-order valence-corrected chi connectivity index (χ0v) is 9.41. The summed E-state index contributed by atoms with van der Waals surface area (Å²) in [4.78, 5) is 21.7. The number of esters is 1. The Hall–Kier alpha value is -2.63. The number of hydrogen-bond donors (Lipinski definition) is 1. The fraction of sp³-hybridized carbons (Fsp3) is 0.0833. The minimum atomic E-state index is -0.662. The van der Waals surface area contributed by atoms with Crippen molar-refractivity contribution in [2.75, 3.05) is 7.11 Å². The van der Waals surface area contributed by atoms with Crippen molar-refractivity contribution in [2.45, 2.75) is 0 Å². The standard InChI is InChI=1S/C12H9NO5/c1-18-12(15)7-5-9-8(11(14)6-7)3-2-4-10(9)13(16)17/h2-6,14H,1H3. The monoisotopic (exact) mass is 247 g/mol. The lowest BCUT2D eigenvalue weighted by atomic mass is 10.0. The number of carbonyl (C=O) groups excluding carboxylic acids is 1. The number of methoxy groups -OCH3 is 1. The largest absolute Gasteiger partial charge is 0.507 e. The predicted molar refractivity (Wildman–Crippen MR) is 63.6 cm³/mol. The summed E-state index contributed by atoms with van der Waals surface area (Å²) < 4.78 is 4.52. The van der Waals surface area contributed by atoms with Gasteiger partial charge in [0.2, 0.25) is 0 Å². The van der Waals surface area contributed by atoms with Gasteiger partial charge in [-0.05, 0) is 12.1 Å². The number of phenols is 1. The lowest BCUT2D eigenvalue weighted by Gasteiger charge is -2.05. The summed E-state index contributed by atoms with van der Waals surface area (Å²) in [6.45, 7) is 0. The second-order valence-corrected chi connectivity index (χ2v) is 3.62. The number of non-ortho nitro benzene ring substituents is 1. The van der Waals surface area contributed by atoms with Crippen LogP contribution in [0.1, 0.15) is 10.4 Å². The summed E-state index contributed by atoms with van der Waals surface area (Å²) in [6, 6.07) is 6.87. The van der Waals surface area contributed by atoms with Gasteiger partial charge in [-0.15, -0.1) is 0 Å². The van der Waals surface area contributed by atoms with Crippen molar-refractivity contribution in [2.24, 2.45) is 0 Å². The predicted octanol–water partition coefficient (Wildman–Crippen LogP) is 2.24. The molecule has 6 heteroatoms. The Bertz CT molecular complexity index is 650. The molecule has 0 bridgehead atoms. The minimum absolute atomic E-state index is 0.0665. The van der Waals surface area contributed by atoms with Gasteiger partial charge in [0.1, 0.15) is 5.75 Å². The van der Waals surface area contributed by atoms with Crippen molar-refractivity contribution < 1.29 is 19.6 Å². The molecule has 0 atom stereocenters. The van der Waals surface area contributed by atoms with Crippen molar-refractivity contribution in [3.05, 3.63) is 46.0 Å². The van der Waals surface area contributed by atoms with Crippen LogP contribution in [0.3, 0.4) is 0 Å². The number of benzene rings is 2.